The molecule has 1 fully saturated rings. The predicted molar refractivity (Wildman–Crippen MR) is 184 cm³/mol. The Morgan fingerprint density at radius 3 is 2.59 bits per heavy atom. The molecule has 0 amide bonds. The molecule has 10 nitrogen and oxygen atoms in total. The summed E-state index contributed by atoms with van der Waals surface area (Å²) in [6, 6.07) is 11.1. The Kier molecular flexibility index (Phi) is 11.4. The lowest BCUT2D eigenvalue weighted by Gasteiger charge is -2.28. The third-order valence-corrected chi connectivity index (χ3v) is 11.4. The van der Waals surface area contributed by atoms with Crippen molar-refractivity contribution in [2.24, 2.45) is 0 Å². The second kappa shape index (κ2) is 15.1. The van der Waals surface area contributed by atoms with Gasteiger partial charge in [-0.1, -0.05) is 44.6 Å². The summed E-state index contributed by atoms with van der Waals surface area (Å²) in [7, 11) is -1.26. The van der Waals surface area contributed by atoms with E-state index in [4.69, 9.17) is 23.6 Å². The first-order chi connectivity index (χ1) is 22.0. The minimum Gasteiger partial charge on any atom is -0.598 e. The summed E-state index contributed by atoms with van der Waals surface area (Å²) in [6.07, 6.45) is 11.0. The molecule has 4 aromatic rings. The maximum absolute atomic E-state index is 13.5. The number of oxazole rings is 1. The van der Waals surface area contributed by atoms with Crippen LogP contribution in [0.25, 0.3) is 22.2 Å². The van der Waals surface area contributed by atoms with Crippen LogP contribution in [-0.4, -0.2) is 56.7 Å². The number of nitrogens with one attached hydrogen (secondary N) is 1. The van der Waals surface area contributed by atoms with Gasteiger partial charge in [0.15, 0.2) is 0 Å². The molecule has 12 heteroatoms. The zero-order chi connectivity index (χ0) is 32.8. The van der Waals surface area contributed by atoms with Gasteiger partial charge in [-0.25, -0.2) is 9.97 Å². The molecular weight excluding hydrogens is 619 g/mol. The van der Waals surface area contributed by atoms with E-state index in [1.54, 1.807) is 12.5 Å². The van der Waals surface area contributed by atoms with Gasteiger partial charge in [0.25, 0.3) is 5.89 Å². The Morgan fingerprint density at radius 2 is 1.87 bits per heavy atom. The highest BCUT2D eigenvalue weighted by Crippen LogP contribution is 2.36. The number of unbranched alkanes of at least 4 members (excludes halogenated alkanes) is 2. The zero-order valence-electron chi connectivity index (χ0n) is 28.1. The fourth-order valence-electron chi connectivity index (χ4n) is 5.47. The summed E-state index contributed by atoms with van der Waals surface area (Å²) < 4.78 is 42.4. The van der Waals surface area contributed by atoms with Crippen LogP contribution in [0.3, 0.4) is 0 Å². The summed E-state index contributed by atoms with van der Waals surface area (Å²) in [6.45, 7) is 15.1. The highest BCUT2D eigenvalue weighted by atomic mass is 32.2. The van der Waals surface area contributed by atoms with Gasteiger partial charge >= 0.3 is 0 Å². The number of benzene rings is 1. The molecule has 46 heavy (non-hydrogen) atoms. The molecule has 3 aromatic heterocycles. The van der Waals surface area contributed by atoms with E-state index in [1.807, 2.05) is 45.3 Å². The average Bonchev–Trinajstić information content (AvgIpc) is 3.79. The van der Waals surface area contributed by atoms with E-state index < -0.39 is 30.0 Å². The van der Waals surface area contributed by atoms with Crippen LogP contribution in [0.4, 0.5) is 0 Å². The van der Waals surface area contributed by atoms with Crippen molar-refractivity contribution >= 4 is 30.3 Å². The lowest BCUT2D eigenvalue weighted by molar-refractivity contribution is -0.187. The van der Waals surface area contributed by atoms with Crippen molar-refractivity contribution < 1.29 is 23.2 Å². The van der Waals surface area contributed by atoms with Gasteiger partial charge in [-0.3, -0.25) is 4.98 Å². The van der Waals surface area contributed by atoms with Gasteiger partial charge < -0.3 is 27.7 Å². The van der Waals surface area contributed by atoms with Crippen molar-refractivity contribution in [3.8, 4) is 11.3 Å². The lowest BCUT2D eigenvalue weighted by atomic mass is 10.0. The molecule has 1 saturated heterocycles. The van der Waals surface area contributed by atoms with Crippen LogP contribution < -0.4 is 4.72 Å². The Labute approximate surface area is 277 Å². The number of pyridine rings is 1. The van der Waals surface area contributed by atoms with Gasteiger partial charge in [-0.2, -0.15) is 0 Å². The molecule has 250 valence electrons. The normalized spacial score (nSPS) is 16.7. The Morgan fingerprint density at radius 1 is 1.07 bits per heavy atom. The highest BCUT2D eigenvalue weighted by molar-refractivity contribution is 7.90. The number of rotatable bonds is 16. The predicted octanol–water partition coefficient (Wildman–Crippen LogP) is 7.34. The third kappa shape index (κ3) is 8.85. The largest absolute Gasteiger partial charge is 0.598 e. The van der Waals surface area contributed by atoms with Crippen molar-refractivity contribution in [3.05, 3.63) is 66.9 Å². The van der Waals surface area contributed by atoms with Gasteiger partial charge in [-0.05, 0) is 57.9 Å². The number of hydrogen-bond acceptors (Lipinski definition) is 9. The van der Waals surface area contributed by atoms with Crippen molar-refractivity contribution in [3.63, 3.8) is 0 Å². The first-order valence-corrected chi connectivity index (χ1v) is 21.2. The molecule has 0 saturated carbocycles. The molecule has 1 aliphatic heterocycles. The number of fused-ring (bicyclic) bond motifs is 1. The van der Waals surface area contributed by atoms with Crippen molar-refractivity contribution in [1.29, 1.82) is 0 Å². The highest BCUT2D eigenvalue weighted by Gasteiger charge is 2.42. The van der Waals surface area contributed by atoms with Crippen LogP contribution in [0.5, 0.6) is 0 Å². The third-order valence-electron chi connectivity index (χ3n) is 8.13. The molecule has 4 heterocycles. The monoisotopic (exact) mass is 667 g/mol. The van der Waals surface area contributed by atoms with E-state index in [0.29, 0.717) is 38.9 Å². The number of nitrogens with zero attached hydrogens (tertiary/aromatic N) is 4. The van der Waals surface area contributed by atoms with Gasteiger partial charge in [0.1, 0.15) is 29.6 Å². The van der Waals surface area contributed by atoms with E-state index >= 15 is 0 Å². The van der Waals surface area contributed by atoms with E-state index in [2.05, 4.69) is 57.1 Å². The van der Waals surface area contributed by atoms with Gasteiger partial charge in [-0.15, -0.1) is 4.72 Å². The van der Waals surface area contributed by atoms with Crippen LogP contribution in [0, 0.1) is 0 Å². The van der Waals surface area contributed by atoms with Gasteiger partial charge in [0.2, 0.25) is 5.79 Å². The standard InChI is InChI=1S/C34H49N5O5SSi/c1-33(2,3)45(40)38-29(12-8-7-9-15-34(43-19-20-44-34)32-36-17-18-42-32)31-37-24-30(39(31)25-41-21-22-46(4,5)6)27-13-14-28-26(23-27)11-10-16-35-28/h10-11,13-14,16-18,23-24,29,38H,7-9,12,15,19-22,25H2,1-6H3/t29-,45+/m0/s1. The first kappa shape index (κ1) is 34.7. The molecule has 1 aromatic carbocycles. The molecule has 1 aliphatic rings. The van der Waals surface area contributed by atoms with E-state index in [1.165, 1.54) is 0 Å². The maximum Gasteiger partial charge on any atom is 0.255 e. The first-order valence-electron chi connectivity index (χ1n) is 16.3. The lowest BCUT2D eigenvalue weighted by Crippen LogP contribution is -2.42. The number of ether oxygens (including phenoxy) is 3. The minimum atomic E-state index is -1.29. The van der Waals surface area contributed by atoms with E-state index in [9.17, 15) is 4.55 Å². The second-order valence-electron chi connectivity index (χ2n) is 14.1. The summed E-state index contributed by atoms with van der Waals surface area (Å²) in [4.78, 5) is 13.8. The summed E-state index contributed by atoms with van der Waals surface area (Å²) >= 11 is -1.29. The SMILES string of the molecule is CC(C)(C)[S@@+]([O-])N[C@@H](CCCCCC1(c2ncco2)OCCO1)c1ncc(-c2ccc3ncccc3c2)n1COCC[Si](C)(C)C. The number of aromatic nitrogens is 4. The number of imidazole rings is 1. The molecular formula is C34H49N5O5SSi. The van der Waals surface area contributed by atoms with Gasteiger partial charge in [0, 0.05) is 49.6 Å². The number of hydrogen-bond donors (Lipinski definition) is 1. The molecule has 0 bridgehead atoms. The molecule has 0 radical (unpaired) electrons. The molecule has 0 aliphatic carbocycles. The molecule has 0 unspecified atom stereocenters. The summed E-state index contributed by atoms with van der Waals surface area (Å²) in [5, 5.41) is 1.07. The van der Waals surface area contributed by atoms with Gasteiger partial charge in [0.05, 0.1) is 36.8 Å². The summed E-state index contributed by atoms with van der Waals surface area (Å²) in [5.74, 6) is 0.381. The van der Waals surface area contributed by atoms with E-state index in [0.717, 1.165) is 59.7 Å². The minimum absolute atomic E-state index is 0.240. The average molecular weight is 668 g/mol. The van der Waals surface area contributed by atoms with Crippen LogP contribution >= 0.6 is 0 Å². The van der Waals surface area contributed by atoms with Crippen LogP contribution in [0.15, 0.2) is 59.6 Å². The topological polar surface area (TPSA) is 120 Å². The van der Waals surface area contributed by atoms with Crippen molar-refractivity contribution in [1.82, 2.24) is 24.2 Å². The summed E-state index contributed by atoms with van der Waals surface area (Å²) in [5.41, 5.74) is 2.95. The van der Waals surface area contributed by atoms with Crippen molar-refractivity contribution in [2.75, 3.05) is 19.8 Å². The van der Waals surface area contributed by atoms with Crippen LogP contribution in [0.2, 0.25) is 25.7 Å². The molecule has 2 atom stereocenters. The Bertz CT molecular complexity index is 1530. The second-order valence-corrected chi connectivity index (χ2v) is 21.7. The fourth-order valence-corrected chi connectivity index (χ4v) is 7.07. The zero-order valence-corrected chi connectivity index (χ0v) is 29.9. The maximum atomic E-state index is 13.5. The van der Waals surface area contributed by atoms with Crippen LogP contribution in [0.1, 0.15) is 70.6 Å². The molecule has 5 rings (SSSR count). The fraction of sp³-hybridized carbons (Fsp3) is 0.559. The Hall–Kier alpha value is -2.58. The quantitative estimate of drug-likeness (QED) is 0.0743. The van der Waals surface area contributed by atoms with Crippen LogP contribution in [-0.2, 0) is 38.1 Å². The molecule has 0 spiro atoms. The smallest absolute Gasteiger partial charge is 0.255 e. The van der Waals surface area contributed by atoms with Crippen molar-refractivity contribution in [2.45, 2.75) is 102 Å². The van der Waals surface area contributed by atoms with E-state index in [-0.39, 0.29) is 6.04 Å². The molecule has 1 N–H and O–H groups in total. The Balaban J connectivity index is 1.36.